The van der Waals surface area contributed by atoms with Gasteiger partial charge >= 0.3 is 0 Å². The fourth-order valence-corrected chi connectivity index (χ4v) is 2.80. The van der Waals surface area contributed by atoms with E-state index in [4.69, 9.17) is 0 Å². The molecule has 1 aliphatic rings. The van der Waals surface area contributed by atoms with Crippen LogP contribution in [-0.2, 0) is 6.42 Å². The molecule has 15 heavy (non-hydrogen) atoms. The summed E-state index contributed by atoms with van der Waals surface area (Å²) in [5.74, 6) is 0.914. The van der Waals surface area contributed by atoms with Crippen molar-refractivity contribution in [2.75, 3.05) is 18.1 Å². The van der Waals surface area contributed by atoms with Gasteiger partial charge in [-0.05, 0) is 19.3 Å². The number of piperidine rings is 1. The summed E-state index contributed by atoms with van der Waals surface area (Å²) < 4.78 is 4.29. The van der Waals surface area contributed by atoms with Crippen molar-refractivity contribution in [1.82, 2.24) is 9.36 Å². The molecule has 1 aromatic heterocycles. The standard InChI is InChI=1S/C10H17N3OS/c1-2-9-11-10(15-12-9)13-6-4-3-5-8(13)7-14/h8,14H,2-7H2,1H3. The van der Waals surface area contributed by atoms with Gasteiger partial charge < -0.3 is 10.0 Å². The number of hydrogen-bond acceptors (Lipinski definition) is 5. The lowest BCUT2D eigenvalue weighted by atomic mass is 10.0. The summed E-state index contributed by atoms with van der Waals surface area (Å²) in [7, 11) is 0. The van der Waals surface area contributed by atoms with Crippen molar-refractivity contribution in [2.45, 2.75) is 38.6 Å². The van der Waals surface area contributed by atoms with Crippen LogP contribution in [0.15, 0.2) is 0 Å². The molecule has 1 fully saturated rings. The monoisotopic (exact) mass is 227 g/mol. The lowest BCUT2D eigenvalue weighted by molar-refractivity contribution is 0.240. The lowest BCUT2D eigenvalue weighted by Gasteiger charge is -2.33. The third kappa shape index (κ3) is 2.29. The van der Waals surface area contributed by atoms with E-state index in [1.165, 1.54) is 24.4 Å². The van der Waals surface area contributed by atoms with Crippen LogP contribution in [0.2, 0.25) is 0 Å². The molecule has 0 spiro atoms. The summed E-state index contributed by atoms with van der Waals surface area (Å²) in [6.07, 6.45) is 4.35. The second-order valence-corrected chi connectivity index (χ2v) is 4.60. The minimum Gasteiger partial charge on any atom is -0.394 e. The van der Waals surface area contributed by atoms with Gasteiger partial charge in [0, 0.05) is 24.5 Å². The SMILES string of the molecule is CCc1nsc(N2CCCCC2CO)n1. The minimum absolute atomic E-state index is 0.223. The molecule has 1 saturated heterocycles. The largest absolute Gasteiger partial charge is 0.394 e. The number of nitrogens with zero attached hydrogens (tertiary/aromatic N) is 3. The highest BCUT2D eigenvalue weighted by atomic mass is 32.1. The first-order valence-electron chi connectivity index (χ1n) is 5.55. The highest BCUT2D eigenvalue weighted by Crippen LogP contribution is 2.26. The highest BCUT2D eigenvalue weighted by molar-refractivity contribution is 7.09. The molecule has 2 rings (SSSR count). The van der Waals surface area contributed by atoms with Gasteiger partial charge in [-0.1, -0.05) is 6.92 Å². The Morgan fingerprint density at radius 3 is 3.07 bits per heavy atom. The Hall–Kier alpha value is -0.680. The van der Waals surface area contributed by atoms with Crippen LogP contribution < -0.4 is 4.90 Å². The molecule has 0 amide bonds. The second kappa shape index (κ2) is 4.90. The predicted molar refractivity (Wildman–Crippen MR) is 61.4 cm³/mol. The van der Waals surface area contributed by atoms with E-state index in [-0.39, 0.29) is 12.6 Å². The number of rotatable bonds is 3. The van der Waals surface area contributed by atoms with E-state index in [1.807, 2.05) is 0 Å². The fraction of sp³-hybridized carbons (Fsp3) is 0.800. The molecule has 1 N–H and O–H groups in total. The Labute approximate surface area is 94.1 Å². The van der Waals surface area contributed by atoms with Crippen LogP contribution in [0, 0.1) is 0 Å². The molecule has 5 heteroatoms. The van der Waals surface area contributed by atoms with Crippen LogP contribution in [-0.4, -0.2) is 33.7 Å². The van der Waals surface area contributed by atoms with Crippen molar-refractivity contribution in [3.8, 4) is 0 Å². The Morgan fingerprint density at radius 2 is 2.40 bits per heavy atom. The van der Waals surface area contributed by atoms with Crippen molar-refractivity contribution < 1.29 is 5.11 Å². The Morgan fingerprint density at radius 1 is 1.53 bits per heavy atom. The molecule has 0 bridgehead atoms. The van der Waals surface area contributed by atoms with Gasteiger partial charge in [0.25, 0.3) is 0 Å². The Balaban J connectivity index is 2.12. The van der Waals surface area contributed by atoms with Crippen molar-refractivity contribution in [1.29, 1.82) is 0 Å². The van der Waals surface area contributed by atoms with Crippen LogP contribution >= 0.6 is 11.5 Å². The highest BCUT2D eigenvalue weighted by Gasteiger charge is 2.24. The van der Waals surface area contributed by atoms with Gasteiger partial charge in [-0.2, -0.15) is 4.37 Å². The predicted octanol–water partition coefficient (Wildman–Crippen LogP) is 1.45. The van der Waals surface area contributed by atoms with Crippen LogP contribution in [0.3, 0.4) is 0 Å². The van der Waals surface area contributed by atoms with Gasteiger partial charge in [0.1, 0.15) is 5.82 Å². The van der Waals surface area contributed by atoms with Crippen molar-refractivity contribution >= 4 is 16.7 Å². The average Bonchev–Trinajstić information content (AvgIpc) is 2.77. The van der Waals surface area contributed by atoms with E-state index in [1.54, 1.807) is 0 Å². The molecular weight excluding hydrogens is 210 g/mol. The number of aryl methyl sites for hydroxylation is 1. The van der Waals surface area contributed by atoms with E-state index >= 15 is 0 Å². The zero-order valence-corrected chi connectivity index (χ0v) is 9.83. The number of aromatic nitrogens is 2. The molecule has 4 nitrogen and oxygen atoms in total. The topological polar surface area (TPSA) is 49.2 Å². The van der Waals surface area contributed by atoms with E-state index in [2.05, 4.69) is 21.2 Å². The minimum atomic E-state index is 0.223. The fourth-order valence-electron chi connectivity index (χ4n) is 1.95. The smallest absolute Gasteiger partial charge is 0.205 e. The van der Waals surface area contributed by atoms with Gasteiger partial charge in [-0.3, -0.25) is 0 Å². The first-order chi connectivity index (χ1) is 7.35. The summed E-state index contributed by atoms with van der Waals surface area (Å²) in [6, 6.07) is 0.247. The van der Waals surface area contributed by atoms with Crippen molar-refractivity contribution in [2.24, 2.45) is 0 Å². The Bertz CT molecular complexity index is 315. The van der Waals surface area contributed by atoms with Gasteiger partial charge in [0.2, 0.25) is 5.13 Å². The van der Waals surface area contributed by atoms with E-state index in [0.29, 0.717) is 0 Å². The normalized spacial score (nSPS) is 22.0. The van der Waals surface area contributed by atoms with E-state index < -0.39 is 0 Å². The van der Waals surface area contributed by atoms with Crippen LogP contribution in [0.1, 0.15) is 32.0 Å². The molecule has 1 aromatic rings. The van der Waals surface area contributed by atoms with Gasteiger partial charge in [-0.15, -0.1) is 0 Å². The molecule has 0 aromatic carbocycles. The average molecular weight is 227 g/mol. The maximum atomic E-state index is 9.30. The third-order valence-corrected chi connectivity index (χ3v) is 3.65. The number of aliphatic hydroxyl groups is 1. The number of anilines is 1. The first-order valence-corrected chi connectivity index (χ1v) is 6.32. The second-order valence-electron chi connectivity index (χ2n) is 3.87. The van der Waals surface area contributed by atoms with Crippen LogP contribution in [0.4, 0.5) is 5.13 Å². The van der Waals surface area contributed by atoms with Crippen LogP contribution in [0.5, 0.6) is 0 Å². The molecule has 0 aliphatic carbocycles. The summed E-state index contributed by atoms with van der Waals surface area (Å²) in [4.78, 5) is 6.68. The molecule has 2 heterocycles. The molecule has 0 radical (unpaired) electrons. The molecule has 1 aliphatic heterocycles. The quantitative estimate of drug-likeness (QED) is 0.849. The molecule has 0 saturated carbocycles. The maximum absolute atomic E-state index is 9.30. The van der Waals surface area contributed by atoms with Gasteiger partial charge in [-0.25, -0.2) is 4.98 Å². The zero-order valence-electron chi connectivity index (χ0n) is 9.02. The summed E-state index contributed by atoms with van der Waals surface area (Å²) in [6.45, 7) is 3.29. The maximum Gasteiger partial charge on any atom is 0.205 e. The van der Waals surface area contributed by atoms with Crippen molar-refractivity contribution in [3.05, 3.63) is 5.82 Å². The first kappa shape index (κ1) is 10.8. The third-order valence-electron chi connectivity index (χ3n) is 2.86. The summed E-state index contributed by atoms with van der Waals surface area (Å²) >= 11 is 1.45. The lowest BCUT2D eigenvalue weighted by Crippen LogP contribution is -2.41. The van der Waals surface area contributed by atoms with E-state index in [0.717, 1.165) is 30.3 Å². The van der Waals surface area contributed by atoms with Gasteiger partial charge in [0.15, 0.2) is 0 Å². The van der Waals surface area contributed by atoms with Crippen LogP contribution in [0.25, 0.3) is 0 Å². The molecular formula is C10H17N3OS. The Kier molecular flexibility index (Phi) is 3.53. The summed E-state index contributed by atoms with van der Waals surface area (Å²) in [5, 5.41) is 10.3. The molecule has 84 valence electrons. The van der Waals surface area contributed by atoms with E-state index in [9.17, 15) is 5.11 Å². The molecule has 1 atom stereocenters. The van der Waals surface area contributed by atoms with Crippen molar-refractivity contribution in [3.63, 3.8) is 0 Å². The summed E-state index contributed by atoms with van der Waals surface area (Å²) in [5.41, 5.74) is 0. The van der Waals surface area contributed by atoms with Gasteiger partial charge in [0.05, 0.1) is 12.6 Å². The number of aliphatic hydroxyl groups excluding tert-OH is 1. The molecule has 1 unspecified atom stereocenters. The zero-order chi connectivity index (χ0) is 10.7. The number of hydrogen-bond donors (Lipinski definition) is 1.